The molecule has 0 heterocycles. The minimum absolute atomic E-state index is 0.187. The van der Waals surface area contributed by atoms with Crippen molar-refractivity contribution in [2.75, 3.05) is 14.2 Å². The number of methoxy groups -OCH3 is 1. The molecule has 0 aromatic heterocycles. The quantitative estimate of drug-likeness (QED) is 0.900. The van der Waals surface area contributed by atoms with Crippen molar-refractivity contribution in [3.05, 3.63) is 53.8 Å². The lowest BCUT2D eigenvalue weighted by Crippen LogP contribution is -2.06. The molecule has 0 amide bonds. The van der Waals surface area contributed by atoms with Crippen LogP contribution in [0.4, 0.5) is 4.39 Å². The maximum absolute atomic E-state index is 13.9. The third kappa shape index (κ3) is 3.49. The van der Waals surface area contributed by atoms with Crippen LogP contribution in [-0.2, 0) is 6.54 Å². The molecule has 2 rings (SSSR count). The first-order valence-electron chi connectivity index (χ1n) is 5.98. The Hall–Kier alpha value is -1.52. The standard InChI is InChI=1S/C15H16FNOS/c1-17-10-11-4-3-5-14(16)15(11)19-13-8-6-12(18-2)7-9-13/h3-9,17H,10H2,1-2H3. The molecule has 2 aromatic rings. The van der Waals surface area contributed by atoms with Crippen LogP contribution in [0.15, 0.2) is 52.3 Å². The summed E-state index contributed by atoms with van der Waals surface area (Å²) in [5.41, 5.74) is 0.961. The number of ether oxygens (including phenoxy) is 1. The van der Waals surface area contributed by atoms with E-state index < -0.39 is 0 Å². The van der Waals surface area contributed by atoms with E-state index in [0.717, 1.165) is 16.2 Å². The van der Waals surface area contributed by atoms with Gasteiger partial charge in [0.1, 0.15) is 11.6 Å². The van der Waals surface area contributed by atoms with Gasteiger partial charge in [-0.15, -0.1) is 0 Å². The van der Waals surface area contributed by atoms with E-state index in [1.54, 1.807) is 13.2 Å². The fourth-order valence-corrected chi connectivity index (χ4v) is 2.70. The molecule has 0 bridgehead atoms. The lowest BCUT2D eigenvalue weighted by atomic mass is 10.2. The van der Waals surface area contributed by atoms with Crippen molar-refractivity contribution >= 4 is 11.8 Å². The monoisotopic (exact) mass is 277 g/mol. The van der Waals surface area contributed by atoms with Crippen LogP contribution >= 0.6 is 11.8 Å². The van der Waals surface area contributed by atoms with E-state index in [9.17, 15) is 4.39 Å². The maximum Gasteiger partial charge on any atom is 0.137 e. The summed E-state index contributed by atoms with van der Waals surface area (Å²) in [5, 5.41) is 3.06. The third-order valence-corrected chi connectivity index (χ3v) is 3.86. The second kappa shape index (κ2) is 6.59. The van der Waals surface area contributed by atoms with Gasteiger partial charge in [-0.25, -0.2) is 4.39 Å². The normalized spacial score (nSPS) is 10.5. The first-order chi connectivity index (χ1) is 9.24. The molecule has 0 fully saturated rings. The number of hydrogen-bond acceptors (Lipinski definition) is 3. The van der Waals surface area contributed by atoms with Gasteiger partial charge >= 0.3 is 0 Å². The largest absolute Gasteiger partial charge is 0.497 e. The number of nitrogens with one attached hydrogen (secondary N) is 1. The molecule has 2 aromatic carbocycles. The number of halogens is 1. The van der Waals surface area contributed by atoms with Crippen LogP contribution in [-0.4, -0.2) is 14.2 Å². The fourth-order valence-electron chi connectivity index (χ4n) is 1.76. The highest BCUT2D eigenvalue weighted by Crippen LogP contribution is 2.33. The highest BCUT2D eigenvalue weighted by atomic mass is 32.2. The van der Waals surface area contributed by atoms with Crippen LogP contribution in [0.2, 0.25) is 0 Å². The summed E-state index contributed by atoms with van der Waals surface area (Å²) in [6.07, 6.45) is 0. The minimum Gasteiger partial charge on any atom is -0.497 e. The van der Waals surface area contributed by atoms with Crippen molar-refractivity contribution in [3.63, 3.8) is 0 Å². The van der Waals surface area contributed by atoms with Gasteiger partial charge < -0.3 is 10.1 Å². The summed E-state index contributed by atoms with van der Waals surface area (Å²) in [5.74, 6) is 0.613. The van der Waals surface area contributed by atoms with Gasteiger partial charge in [0, 0.05) is 11.4 Å². The Balaban J connectivity index is 2.26. The molecule has 2 nitrogen and oxygen atoms in total. The Morgan fingerprint density at radius 3 is 2.53 bits per heavy atom. The molecule has 100 valence electrons. The molecule has 1 N–H and O–H groups in total. The summed E-state index contributed by atoms with van der Waals surface area (Å²) >= 11 is 1.43. The molecule has 0 radical (unpaired) electrons. The molecule has 0 aliphatic carbocycles. The molecule has 0 aliphatic heterocycles. The molecule has 0 spiro atoms. The Labute approximate surface area is 117 Å². The lowest BCUT2D eigenvalue weighted by molar-refractivity contribution is 0.414. The Bertz CT molecular complexity index is 542. The van der Waals surface area contributed by atoms with E-state index in [2.05, 4.69) is 5.32 Å². The van der Waals surface area contributed by atoms with Gasteiger partial charge in [-0.05, 0) is 42.9 Å². The summed E-state index contributed by atoms with van der Waals surface area (Å²) < 4.78 is 19.0. The van der Waals surface area contributed by atoms with Gasteiger partial charge in [0.2, 0.25) is 0 Å². The van der Waals surface area contributed by atoms with Crippen LogP contribution < -0.4 is 10.1 Å². The first kappa shape index (κ1) is 13.9. The second-order valence-electron chi connectivity index (χ2n) is 4.04. The molecule has 0 atom stereocenters. The minimum atomic E-state index is -0.187. The van der Waals surface area contributed by atoms with Crippen LogP contribution in [0.3, 0.4) is 0 Å². The molecule has 0 aliphatic rings. The fraction of sp³-hybridized carbons (Fsp3) is 0.200. The van der Waals surface area contributed by atoms with E-state index in [1.807, 2.05) is 37.4 Å². The van der Waals surface area contributed by atoms with E-state index in [-0.39, 0.29) is 5.82 Å². The van der Waals surface area contributed by atoms with E-state index in [1.165, 1.54) is 17.8 Å². The summed E-state index contributed by atoms with van der Waals surface area (Å²) in [7, 11) is 3.48. The second-order valence-corrected chi connectivity index (χ2v) is 5.12. The average Bonchev–Trinajstić information content (AvgIpc) is 2.44. The van der Waals surface area contributed by atoms with Crippen molar-refractivity contribution < 1.29 is 9.13 Å². The van der Waals surface area contributed by atoms with E-state index >= 15 is 0 Å². The SMILES string of the molecule is CNCc1cccc(F)c1Sc1ccc(OC)cc1. The number of hydrogen-bond donors (Lipinski definition) is 1. The molecule has 0 unspecified atom stereocenters. The van der Waals surface area contributed by atoms with Crippen molar-refractivity contribution in [2.45, 2.75) is 16.3 Å². The van der Waals surface area contributed by atoms with Crippen LogP contribution in [0.5, 0.6) is 5.75 Å². The highest BCUT2D eigenvalue weighted by molar-refractivity contribution is 7.99. The van der Waals surface area contributed by atoms with Gasteiger partial charge in [-0.2, -0.15) is 0 Å². The zero-order chi connectivity index (χ0) is 13.7. The molecule has 19 heavy (non-hydrogen) atoms. The van der Waals surface area contributed by atoms with Crippen molar-refractivity contribution in [3.8, 4) is 5.75 Å². The smallest absolute Gasteiger partial charge is 0.137 e. The third-order valence-electron chi connectivity index (χ3n) is 2.70. The highest BCUT2D eigenvalue weighted by Gasteiger charge is 2.09. The summed E-state index contributed by atoms with van der Waals surface area (Å²) in [6.45, 7) is 0.649. The molecule has 0 saturated carbocycles. The zero-order valence-electron chi connectivity index (χ0n) is 10.9. The van der Waals surface area contributed by atoms with Crippen LogP contribution in [0.1, 0.15) is 5.56 Å². The van der Waals surface area contributed by atoms with Crippen LogP contribution in [0.25, 0.3) is 0 Å². The van der Waals surface area contributed by atoms with Crippen molar-refractivity contribution in [1.29, 1.82) is 0 Å². The van der Waals surface area contributed by atoms with E-state index in [4.69, 9.17) is 4.74 Å². The molecular weight excluding hydrogens is 261 g/mol. The molecular formula is C15H16FNOS. The van der Waals surface area contributed by atoms with Gasteiger partial charge in [0.15, 0.2) is 0 Å². The first-order valence-corrected chi connectivity index (χ1v) is 6.80. The maximum atomic E-state index is 13.9. The summed E-state index contributed by atoms with van der Waals surface area (Å²) in [4.78, 5) is 1.66. The van der Waals surface area contributed by atoms with Gasteiger partial charge in [0.25, 0.3) is 0 Å². The number of rotatable bonds is 5. The molecule has 0 saturated heterocycles. The average molecular weight is 277 g/mol. The zero-order valence-corrected chi connectivity index (χ0v) is 11.8. The van der Waals surface area contributed by atoms with Crippen molar-refractivity contribution in [1.82, 2.24) is 5.32 Å². The topological polar surface area (TPSA) is 21.3 Å². The van der Waals surface area contributed by atoms with Crippen LogP contribution in [0, 0.1) is 5.82 Å². The number of benzene rings is 2. The predicted octanol–water partition coefficient (Wildman–Crippen LogP) is 3.70. The lowest BCUT2D eigenvalue weighted by Gasteiger charge is -2.10. The van der Waals surface area contributed by atoms with Gasteiger partial charge in [0.05, 0.1) is 12.0 Å². The Kier molecular flexibility index (Phi) is 4.82. The van der Waals surface area contributed by atoms with Gasteiger partial charge in [-0.1, -0.05) is 23.9 Å². The summed E-state index contributed by atoms with van der Waals surface area (Å²) in [6, 6.07) is 12.8. The van der Waals surface area contributed by atoms with E-state index in [0.29, 0.717) is 11.4 Å². The molecule has 4 heteroatoms. The van der Waals surface area contributed by atoms with Crippen molar-refractivity contribution in [2.24, 2.45) is 0 Å². The van der Waals surface area contributed by atoms with Gasteiger partial charge in [-0.3, -0.25) is 0 Å². The Morgan fingerprint density at radius 1 is 1.16 bits per heavy atom. The predicted molar refractivity (Wildman–Crippen MR) is 76.3 cm³/mol. The Morgan fingerprint density at radius 2 is 1.89 bits per heavy atom.